The van der Waals surface area contributed by atoms with E-state index in [9.17, 15) is 18.0 Å². The lowest BCUT2D eigenvalue weighted by molar-refractivity contribution is -0.137. The first-order valence-corrected chi connectivity index (χ1v) is 10.3. The van der Waals surface area contributed by atoms with E-state index in [0.717, 1.165) is 30.8 Å². The normalized spacial score (nSPS) is 22.1. The molecule has 2 aliphatic heterocycles. The van der Waals surface area contributed by atoms with Crippen LogP contribution in [0.25, 0.3) is 11.1 Å². The fraction of sp³-hybridized carbons (Fsp3) is 0.375. The molecule has 2 heterocycles. The van der Waals surface area contributed by atoms with E-state index in [1.807, 2.05) is 11.0 Å². The SMILES string of the molecule is CC1CCCN1CC1C=CCN1C(=O)c1ccc(-c2ccc(C(F)(F)F)cc2)cc1. The topological polar surface area (TPSA) is 23.6 Å². The zero-order valence-electron chi connectivity index (χ0n) is 16.9. The van der Waals surface area contributed by atoms with Gasteiger partial charge in [-0.2, -0.15) is 13.2 Å². The van der Waals surface area contributed by atoms with Gasteiger partial charge in [-0.3, -0.25) is 9.69 Å². The summed E-state index contributed by atoms with van der Waals surface area (Å²) in [6.45, 7) is 4.77. The molecule has 0 N–H and O–H groups in total. The number of likely N-dealkylation sites (tertiary alicyclic amines) is 1. The molecule has 4 rings (SSSR count). The van der Waals surface area contributed by atoms with Crippen molar-refractivity contribution >= 4 is 5.91 Å². The molecule has 1 amide bonds. The van der Waals surface area contributed by atoms with Gasteiger partial charge in [-0.15, -0.1) is 0 Å². The van der Waals surface area contributed by atoms with E-state index >= 15 is 0 Å². The summed E-state index contributed by atoms with van der Waals surface area (Å²) in [5.74, 6) is -0.0178. The number of amides is 1. The maximum absolute atomic E-state index is 13.1. The molecule has 0 spiro atoms. The molecule has 6 heteroatoms. The van der Waals surface area contributed by atoms with Gasteiger partial charge in [0.2, 0.25) is 0 Å². The molecule has 2 unspecified atom stereocenters. The number of carbonyl (C=O) groups is 1. The quantitative estimate of drug-likeness (QED) is 0.639. The van der Waals surface area contributed by atoms with E-state index in [4.69, 9.17) is 0 Å². The summed E-state index contributed by atoms with van der Waals surface area (Å²) < 4.78 is 38.2. The minimum Gasteiger partial charge on any atom is -0.327 e. The van der Waals surface area contributed by atoms with E-state index < -0.39 is 11.7 Å². The molecule has 0 radical (unpaired) electrons. The highest BCUT2D eigenvalue weighted by Crippen LogP contribution is 2.31. The maximum atomic E-state index is 13.1. The molecule has 0 aromatic heterocycles. The summed E-state index contributed by atoms with van der Waals surface area (Å²) in [6.07, 6.45) is 2.22. The first-order chi connectivity index (χ1) is 14.3. The highest BCUT2D eigenvalue weighted by Gasteiger charge is 2.31. The monoisotopic (exact) mass is 414 g/mol. The molecule has 1 fully saturated rings. The van der Waals surface area contributed by atoms with Gasteiger partial charge in [0.1, 0.15) is 0 Å². The predicted octanol–water partition coefficient (Wildman–Crippen LogP) is 5.24. The van der Waals surface area contributed by atoms with Crippen molar-refractivity contribution in [2.75, 3.05) is 19.6 Å². The minimum absolute atomic E-state index is 0.0178. The van der Waals surface area contributed by atoms with Crippen LogP contribution in [0, 0.1) is 0 Å². The van der Waals surface area contributed by atoms with E-state index in [0.29, 0.717) is 23.7 Å². The standard InChI is InChI=1S/C24H25F3N2O/c1-17-4-2-14-28(17)16-22-5-3-15-29(22)23(30)20-8-6-18(7-9-20)19-10-12-21(13-11-19)24(25,26)27/h3,5-13,17,22H,2,4,14-16H2,1H3. The molecule has 30 heavy (non-hydrogen) atoms. The lowest BCUT2D eigenvalue weighted by Gasteiger charge is -2.30. The smallest absolute Gasteiger partial charge is 0.327 e. The Hall–Kier alpha value is -2.60. The Balaban J connectivity index is 1.45. The van der Waals surface area contributed by atoms with Gasteiger partial charge in [0, 0.05) is 24.7 Å². The van der Waals surface area contributed by atoms with Crippen molar-refractivity contribution in [3.05, 3.63) is 71.8 Å². The lowest BCUT2D eigenvalue weighted by atomic mass is 10.0. The second kappa shape index (κ2) is 8.26. The molecule has 158 valence electrons. The Morgan fingerprint density at radius 1 is 1.03 bits per heavy atom. The van der Waals surface area contributed by atoms with Gasteiger partial charge in [0.25, 0.3) is 5.91 Å². The largest absolute Gasteiger partial charge is 0.416 e. The molecule has 3 nitrogen and oxygen atoms in total. The molecule has 0 bridgehead atoms. The van der Waals surface area contributed by atoms with Crippen molar-refractivity contribution in [3.8, 4) is 11.1 Å². The maximum Gasteiger partial charge on any atom is 0.416 e. The van der Waals surface area contributed by atoms with Crippen LogP contribution in [0.1, 0.15) is 35.7 Å². The summed E-state index contributed by atoms with van der Waals surface area (Å²) >= 11 is 0. The molecular weight excluding hydrogens is 389 g/mol. The van der Waals surface area contributed by atoms with Crippen molar-refractivity contribution < 1.29 is 18.0 Å². The Labute approximate surface area is 174 Å². The van der Waals surface area contributed by atoms with Crippen LogP contribution in [0.15, 0.2) is 60.7 Å². The zero-order valence-corrected chi connectivity index (χ0v) is 16.9. The van der Waals surface area contributed by atoms with Crippen molar-refractivity contribution in [1.29, 1.82) is 0 Å². The first kappa shape index (κ1) is 20.7. The van der Waals surface area contributed by atoms with E-state index in [1.54, 1.807) is 24.3 Å². The van der Waals surface area contributed by atoms with Gasteiger partial charge in [-0.1, -0.05) is 36.4 Å². The number of halogens is 3. The van der Waals surface area contributed by atoms with Crippen LogP contribution >= 0.6 is 0 Å². The van der Waals surface area contributed by atoms with E-state index in [1.165, 1.54) is 25.0 Å². The molecular formula is C24H25F3N2O. The fourth-order valence-corrected chi connectivity index (χ4v) is 4.29. The Kier molecular flexibility index (Phi) is 5.69. The van der Waals surface area contributed by atoms with Crippen molar-refractivity contribution in [1.82, 2.24) is 9.80 Å². The van der Waals surface area contributed by atoms with Crippen molar-refractivity contribution in [2.24, 2.45) is 0 Å². The van der Waals surface area contributed by atoms with E-state index in [2.05, 4.69) is 17.9 Å². The van der Waals surface area contributed by atoms with E-state index in [-0.39, 0.29) is 11.9 Å². The number of alkyl halides is 3. The summed E-state index contributed by atoms with van der Waals surface area (Å²) in [6, 6.07) is 12.8. The number of rotatable bonds is 4. The number of hydrogen-bond donors (Lipinski definition) is 0. The van der Waals surface area contributed by atoms with Gasteiger partial charge in [-0.05, 0) is 61.7 Å². The molecule has 0 saturated carbocycles. The summed E-state index contributed by atoms with van der Waals surface area (Å²) in [4.78, 5) is 17.4. The molecule has 2 aromatic carbocycles. The second-order valence-corrected chi connectivity index (χ2v) is 8.09. The van der Waals surface area contributed by atoms with Gasteiger partial charge < -0.3 is 4.90 Å². The van der Waals surface area contributed by atoms with Crippen LogP contribution < -0.4 is 0 Å². The van der Waals surface area contributed by atoms with Gasteiger partial charge in [0.05, 0.1) is 11.6 Å². The fourth-order valence-electron chi connectivity index (χ4n) is 4.29. The Morgan fingerprint density at radius 2 is 1.67 bits per heavy atom. The third-order valence-electron chi connectivity index (χ3n) is 6.11. The third-order valence-corrected chi connectivity index (χ3v) is 6.11. The van der Waals surface area contributed by atoms with Gasteiger partial charge in [0.15, 0.2) is 0 Å². The van der Waals surface area contributed by atoms with Gasteiger partial charge in [-0.25, -0.2) is 0 Å². The van der Waals surface area contributed by atoms with Crippen molar-refractivity contribution in [3.63, 3.8) is 0 Å². The molecule has 1 saturated heterocycles. The van der Waals surface area contributed by atoms with Crippen LogP contribution in [0.5, 0.6) is 0 Å². The second-order valence-electron chi connectivity index (χ2n) is 8.09. The van der Waals surface area contributed by atoms with Crippen LogP contribution in [0.3, 0.4) is 0 Å². The molecule has 2 aliphatic rings. The highest BCUT2D eigenvalue weighted by atomic mass is 19.4. The number of carbonyl (C=O) groups excluding carboxylic acids is 1. The first-order valence-electron chi connectivity index (χ1n) is 10.3. The van der Waals surface area contributed by atoms with Crippen LogP contribution in [-0.2, 0) is 6.18 Å². The minimum atomic E-state index is -4.35. The summed E-state index contributed by atoms with van der Waals surface area (Å²) in [7, 11) is 0. The lowest BCUT2D eigenvalue weighted by Crippen LogP contribution is -2.44. The van der Waals surface area contributed by atoms with Crippen molar-refractivity contribution in [2.45, 2.75) is 38.0 Å². The predicted molar refractivity (Wildman–Crippen MR) is 111 cm³/mol. The average Bonchev–Trinajstić information content (AvgIpc) is 3.36. The van der Waals surface area contributed by atoms with Crippen LogP contribution in [0.4, 0.5) is 13.2 Å². The zero-order chi connectivity index (χ0) is 21.3. The summed E-state index contributed by atoms with van der Waals surface area (Å²) in [5.41, 5.74) is 1.39. The molecule has 2 aromatic rings. The highest BCUT2D eigenvalue weighted by molar-refractivity contribution is 5.95. The van der Waals surface area contributed by atoms with Crippen LogP contribution in [-0.4, -0.2) is 47.4 Å². The average molecular weight is 414 g/mol. The van der Waals surface area contributed by atoms with Crippen LogP contribution in [0.2, 0.25) is 0 Å². The number of hydrogen-bond acceptors (Lipinski definition) is 2. The number of nitrogens with zero attached hydrogens (tertiary/aromatic N) is 2. The summed E-state index contributed by atoms with van der Waals surface area (Å²) in [5, 5.41) is 0. The Bertz CT molecular complexity index is 919. The third kappa shape index (κ3) is 4.29. The van der Waals surface area contributed by atoms with Gasteiger partial charge >= 0.3 is 6.18 Å². The molecule has 0 aliphatic carbocycles. The number of benzene rings is 2. The Morgan fingerprint density at radius 3 is 2.23 bits per heavy atom. The molecule has 2 atom stereocenters.